The van der Waals surface area contributed by atoms with E-state index in [0.29, 0.717) is 5.75 Å². The Morgan fingerprint density at radius 2 is 1.12 bits per heavy atom. The maximum absolute atomic E-state index is 9.34. The highest BCUT2D eigenvalue weighted by molar-refractivity contribution is 5.63. The number of benzene rings is 1. The summed E-state index contributed by atoms with van der Waals surface area (Å²) in [6.07, 6.45) is 23.3. The molecule has 1 aromatic carbocycles. The molecule has 1 nitrogen and oxygen atoms in total. The van der Waals surface area contributed by atoms with E-state index in [4.69, 9.17) is 0 Å². The van der Waals surface area contributed by atoms with Gasteiger partial charge in [0.25, 0.3) is 0 Å². The number of hydrogen-bond donors (Lipinski definition) is 1. The Morgan fingerprint density at radius 3 is 1.58 bits per heavy atom. The SMILES string of the molecule is CCCCCCCCCCCCCCCCC=C(C)c1ccc(O)cc1. The third kappa shape index (κ3) is 12.2. The largest absolute Gasteiger partial charge is 0.508 e. The van der Waals surface area contributed by atoms with Gasteiger partial charge in [0, 0.05) is 0 Å². The average Bonchev–Trinajstić information content (AvgIpc) is 2.65. The molecule has 0 heterocycles. The summed E-state index contributed by atoms with van der Waals surface area (Å²) >= 11 is 0. The van der Waals surface area contributed by atoms with E-state index in [-0.39, 0.29) is 0 Å². The van der Waals surface area contributed by atoms with Gasteiger partial charge in [-0.2, -0.15) is 0 Å². The Kier molecular flexibility index (Phi) is 14.0. The zero-order valence-corrected chi connectivity index (χ0v) is 17.4. The minimum Gasteiger partial charge on any atom is -0.508 e. The average molecular weight is 359 g/mol. The molecule has 0 saturated heterocycles. The molecule has 26 heavy (non-hydrogen) atoms. The topological polar surface area (TPSA) is 20.2 Å². The molecule has 0 unspecified atom stereocenters. The second-order valence-corrected chi connectivity index (χ2v) is 7.82. The fraction of sp³-hybridized carbons (Fsp3) is 0.680. The molecule has 0 atom stereocenters. The molecule has 0 radical (unpaired) electrons. The molecule has 0 aliphatic heterocycles. The number of phenolic OH excluding ortho intramolecular Hbond substituents is 1. The van der Waals surface area contributed by atoms with Gasteiger partial charge in [-0.05, 0) is 43.0 Å². The maximum atomic E-state index is 9.34. The van der Waals surface area contributed by atoms with Gasteiger partial charge in [0.1, 0.15) is 5.75 Å². The lowest BCUT2D eigenvalue weighted by Gasteiger charge is -2.04. The molecule has 0 spiro atoms. The molecule has 0 saturated carbocycles. The minimum atomic E-state index is 0.341. The Hall–Kier alpha value is -1.24. The summed E-state index contributed by atoms with van der Waals surface area (Å²) in [5.74, 6) is 0.341. The van der Waals surface area contributed by atoms with Crippen molar-refractivity contribution in [1.29, 1.82) is 0 Å². The minimum absolute atomic E-state index is 0.341. The highest BCUT2D eigenvalue weighted by atomic mass is 16.3. The number of allylic oxidation sites excluding steroid dienone is 2. The molecule has 148 valence electrons. The van der Waals surface area contributed by atoms with E-state index in [1.165, 1.54) is 107 Å². The van der Waals surface area contributed by atoms with Crippen LogP contribution in [-0.4, -0.2) is 5.11 Å². The van der Waals surface area contributed by atoms with Crippen molar-refractivity contribution in [1.82, 2.24) is 0 Å². The highest BCUT2D eigenvalue weighted by Gasteiger charge is 1.96. The number of rotatable bonds is 16. The summed E-state index contributed by atoms with van der Waals surface area (Å²) in [5, 5.41) is 9.34. The predicted octanol–water partition coefficient (Wildman–Crippen LogP) is 8.67. The van der Waals surface area contributed by atoms with Crippen molar-refractivity contribution in [2.75, 3.05) is 0 Å². The van der Waals surface area contributed by atoms with Gasteiger partial charge in [-0.3, -0.25) is 0 Å². The lowest BCUT2D eigenvalue weighted by molar-refractivity contribution is 0.475. The number of phenols is 1. The van der Waals surface area contributed by atoms with Crippen molar-refractivity contribution >= 4 is 5.57 Å². The summed E-state index contributed by atoms with van der Waals surface area (Å²) in [5.41, 5.74) is 2.54. The molecule has 1 N–H and O–H groups in total. The normalized spacial score (nSPS) is 11.8. The van der Waals surface area contributed by atoms with Crippen LogP contribution in [0.1, 0.15) is 116 Å². The highest BCUT2D eigenvalue weighted by Crippen LogP contribution is 2.19. The first-order valence-corrected chi connectivity index (χ1v) is 11.2. The van der Waals surface area contributed by atoms with Gasteiger partial charge in [0.05, 0.1) is 0 Å². The van der Waals surface area contributed by atoms with Crippen LogP contribution in [0.25, 0.3) is 5.57 Å². The van der Waals surface area contributed by atoms with Gasteiger partial charge in [-0.25, -0.2) is 0 Å². The summed E-state index contributed by atoms with van der Waals surface area (Å²) in [7, 11) is 0. The van der Waals surface area contributed by atoms with Crippen LogP contribution in [0.2, 0.25) is 0 Å². The summed E-state index contributed by atoms with van der Waals surface area (Å²) in [6, 6.07) is 7.51. The molecular formula is C25H42O. The predicted molar refractivity (Wildman–Crippen MR) is 117 cm³/mol. The fourth-order valence-electron chi connectivity index (χ4n) is 3.50. The Morgan fingerprint density at radius 1 is 0.692 bits per heavy atom. The van der Waals surface area contributed by atoms with Crippen molar-refractivity contribution in [3.63, 3.8) is 0 Å². The van der Waals surface area contributed by atoms with E-state index in [1.54, 1.807) is 12.1 Å². The number of aromatic hydroxyl groups is 1. The molecule has 0 fully saturated rings. The molecule has 0 aliphatic carbocycles. The summed E-state index contributed by atoms with van der Waals surface area (Å²) in [4.78, 5) is 0. The first-order valence-electron chi connectivity index (χ1n) is 11.2. The standard InChI is InChI=1S/C25H42O/c1-3-4-5-6-7-8-9-10-11-12-13-14-15-16-17-18-23(2)24-19-21-25(26)22-20-24/h18-22,26H,3-17H2,1-2H3. The van der Waals surface area contributed by atoms with Crippen molar-refractivity contribution in [2.24, 2.45) is 0 Å². The molecule has 0 bridgehead atoms. The van der Waals surface area contributed by atoms with Crippen molar-refractivity contribution < 1.29 is 5.11 Å². The van der Waals surface area contributed by atoms with Crippen LogP contribution in [0.3, 0.4) is 0 Å². The third-order valence-corrected chi connectivity index (χ3v) is 5.33. The number of unbranched alkanes of at least 4 members (excludes halogenated alkanes) is 14. The van der Waals surface area contributed by atoms with Gasteiger partial charge in [0.2, 0.25) is 0 Å². The third-order valence-electron chi connectivity index (χ3n) is 5.33. The molecular weight excluding hydrogens is 316 g/mol. The van der Waals surface area contributed by atoms with Gasteiger partial charge in [-0.1, -0.05) is 109 Å². The molecule has 1 rings (SSSR count). The smallest absolute Gasteiger partial charge is 0.115 e. The molecule has 1 aromatic rings. The second-order valence-electron chi connectivity index (χ2n) is 7.82. The van der Waals surface area contributed by atoms with Crippen LogP contribution in [-0.2, 0) is 0 Å². The lowest BCUT2D eigenvalue weighted by Crippen LogP contribution is -1.83. The van der Waals surface area contributed by atoms with E-state index in [9.17, 15) is 5.11 Å². The molecule has 0 aromatic heterocycles. The van der Waals surface area contributed by atoms with E-state index < -0.39 is 0 Å². The van der Waals surface area contributed by atoms with Crippen LogP contribution in [0, 0.1) is 0 Å². The summed E-state index contributed by atoms with van der Waals surface area (Å²) < 4.78 is 0. The van der Waals surface area contributed by atoms with Gasteiger partial charge in [0.15, 0.2) is 0 Å². The van der Waals surface area contributed by atoms with Crippen LogP contribution in [0.4, 0.5) is 0 Å². The Balaban J connectivity index is 1.87. The van der Waals surface area contributed by atoms with Crippen molar-refractivity contribution in [2.45, 2.75) is 110 Å². The first kappa shape index (κ1) is 22.8. The lowest BCUT2D eigenvalue weighted by atomic mass is 10.0. The fourth-order valence-corrected chi connectivity index (χ4v) is 3.50. The second kappa shape index (κ2) is 16.0. The first-order chi connectivity index (χ1) is 12.7. The van der Waals surface area contributed by atoms with Gasteiger partial charge >= 0.3 is 0 Å². The van der Waals surface area contributed by atoms with Crippen LogP contribution in [0.15, 0.2) is 30.3 Å². The van der Waals surface area contributed by atoms with Crippen LogP contribution in [0.5, 0.6) is 5.75 Å². The monoisotopic (exact) mass is 358 g/mol. The zero-order chi connectivity index (χ0) is 18.9. The van der Waals surface area contributed by atoms with Crippen LogP contribution >= 0.6 is 0 Å². The van der Waals surface area contributed by atoms with E-state index in [0.717, 1.165) is 0 Å². The van der Waals surface area contributed by atoms with Gasteiger partial charge in [-0.15, -0.1) is 0 Å². The van der Waals surface area contributed by atoms with Gasteiger partial charge < -0.3 is 5.11 Å². The maximum Gasteiger partial charge on any atom is 0.115 e. The quantitative estimate of drug-likeness (QED) is 0.293. The Bertz CT molecular complexity index is 458. The molecule has 0 amide bonds. The van der Waals surface area contributed by atoms with Crippen molar-refractivity contribution in [3.8, 4) is 5.75 Å². The van der Waals surface area contributed by atoms with E-state index in [1.807, 2.05) is 12.1 Å². The van der Waals surface area contributed by atoms with Crippen molar-refractivity contribution in [3.05, 3.63) is 35.9 Å². The van der Waals surface area contributed by atoms with E-state index in [2.05, 4.69) is 19.9 Å². The summed E-state index contributed by atoms with van der Waals surface area (Å²) in [6.45, 7) is 4.45. The zero-order valence-electron chi connectivity index (χ0n) is 17.4. The van der Waals surface area contributed by atoms with Crippen LogP contribution < -0.4 is 0 Å². The Labute approximate surface area is 162 Å². The van der Waals surface area contributed by atoms with E-state index >= 15 is 0 Å². The molecule has 1 heteroatoms. The number of hydrogen-bond acceptors (Lipinski definition) is 1. The molecule has 0 aliphatic rings.